The van der Waals surface area contributed by atoms with E-state index >= 15 is 0 Å². The number of nitrogens with zero attached hydrogens (tertiary/aromatic N) is 2. The Labute approximate surface area is 112 Å². The van der Waals surface area contributed by atoms with Gasteiger partial charge in [0, 0.05) is 23.2 Å². The Hall–Kier alpha value is -1.32. The summed E-state index contributed by atoms with van der Waals surface area (Å²) in [6, 6.07) is 8.06. The maximum absolute atomic E-state index is 6.17. The lowest BCUT2D eigenvalue weighted by Gasteiger charge is -2.14. The standard InChI is InChI=1S/C14H16ClN3/c15-12-3-1-2-11(6-12)14-7-17-9-18(14)8-13(16)10-4-5-10/h1-3,6-7,9-10,13H,4-5,8,16H2. The fourth-order valence-electron chi connectivity index (χ4n) is 2.25. The summed E-state index contributed by atoms with van der Waals surface area (Å²) in [5.74, 6) is 0.694. The molecule has 0 radical (unpaired) electrons. The highest BCUT2D eigenvalue weighted by Crippen LogP contribution is 2.33. The summed E-state index contributed by atoms with van der Waals surface area (Å²) < 4.78 is 2.12. The number of aromatic nitrogens is 2. The van der Waals surface area contributed by atoms with Gasteiger partial charge in [-0.15, -0.1) is 0 Å². The number of rotatable bonds is 4. The van der Waals surface area contributed by atoms with E-state index in [4.69, 9.17) is 17.3 Å². The third-order valence-electron chi connectivity index (χ3n) is 3.47. The zero-order valence-electron chi connectivity index (χ0n) is 10.1. The Morgan fingerprint density at radius 3 is 3.00 bits per heavy atom. The molecular formula is C14H16ClN3. The second kappa shape index (κ2) is 4.75. The maximum Gasteiger partial charge on any atom is 0.0951 e. The van der Waals surface area contributed by atoms with Gasteiger partial charge in [-0.2, -0.15) is 0 Å². The average molecular weight is 262 g/mol. The van der Waals surface area contributed by atoms with Crippen molar-refractivity contribution in [2.45, 2.75) is 25.4 Å². The van der Waals surface area contributed by atoms with Crippen molar-refractivity contribution >= 4 is 11.6 Å². The summed E-state index contributed by atoms with van der Waals surface area (Å²) >= 11 is 6.03. The van der Waals surface area contributed by atoms with E-state index in [9.17, 15) is 0 Å². The number of benzene rings is 1. The normalized spacial score (nSPS) is 16.8. The van der Waals surface area contributed by atoms with Gasteiger partial charge in [0.05, 0.1) is 18.2 Å². The summed E-state index contributed by atoms with van der Waals surface area (Å²) in [6.07, 6.45) is 6.24. The smallest absolute Gasteiger partial charge is 0.0951 e. The average Bonchev–Trinajstić information content (AvgIpc) is 3.11. The van der Waals surface area contributed by atoms with Crippen molar-refractivity contribution in [3.05, 3.63) is 41.8 Å². The van der Waals surface area contributed by atoms with Crippen molar-refractivity contribution in [3.63, 3.8) is 0 Å². The molecule has 1 heterocycles. The van der Waals surface area contributed by atoms with Crippen LogP contribution in [0.4, 0.5) is 0 Å². The minimum absolute atomic E-state index is 0.233. The van der Waals surface area contributed by atoms with Crippen molar-refractivity contribution < 1.29 is 0 Å². The molecule has 3 nitrogen and oxygen atoms in total. The first-order valence-corrected chi connectivity index (χ1v) is 6.63. The Morgan fingerprint density at radius 2 is 2.28 bits per heavy atom. The van der Waals surface area contributed by atoms with Crippen LogP contribution in [0.25, 0.3) is 11.3 Å². The summed E-state index contributed by atoms with van der Waals surface area (Å²) in [5, 5.41) is 0.742. The van der Waals surface area contributed by atoms with Crippen molar-refractivity contribution in [2.24, 2.45) is 11.7 Å². The van der Waals surface area contributed by atoms with Gasteiger partial charge in [-0.1, -0.05) is 23.7 Å². The molecule has 0 spiro atoms. The van der Waals surface area contributed by atoms with Gasteiger partial charge in [0.25, 0.3) is 0 Å². The molecule has 2 N–H and O–H groups in total. The zero-order valence-corrected chi connectivity index (χ0v) is 10.8. The Bertz CT molecular complexity index is 545. The topological polar surface area (TPSA) is 43.8 Å². The van der Waals surface area contributed by atoms with E-state index in [-0.39, 0.29) is 6.04 Å². The highest BCUT2D eigenvalue weighted by Gasteiger charge is 2.28. The predicted octanol–water partition coefficient (Wildman–Crippen LogP) is 2.94. The quantitative estimate of drug-likeness (QED) is 0.920. The number of imidazole rings is 1. The van der Waals surface area contributed by atoms with Gasteiger partial charge in [-0.05, 0) is 30.9 Å². The van der Waals surface area contributed by atoms with Crippen LogP contribution in [0.1, 0.15) is 12.8 Å². The molecule has 2 aromatic rings. The van der Waals surface area contributed by atoms with Crippen LogP contribution in [0.15, 0.2) is 36.8 Å². The largest absolute Gasteiger partial charge is 0.329 e. The Kier molecular flexibility index (Phi) is 3.10. The van der Waals surface area contributed by atoms with E-state index in [0.29, 0.717) is 5.92 Å². The molecule has 0 saturated heterocycles. The Morgan fingerprint density at radius 1 is 1.44 bits per heavy atom. The van der Waals surface area contributed by atoms with E-state index in [1.807, 2.05) is 36.8 Å². The monoisotopic (exact) mass is 261 g/mol. The van der Waals surface area contributed by atoms with Gasteiger partial charge in [-0.25, -0.2) is 4.98 Å². The molecule has 0 bridgehead atoms. The Balaban J connectivity index is 1.86. The summed E-state index contributed by atoms with van der Waals surface area (Å²) in [6.45, 7) is 0.826. The van der Waals surface area contributed by atoms with Crippen molar-refractivity contribution in [1.82, 2.24) is 9.55 Å². The first-order valence-electron chi connectivity index (χ1n) is 6.25. The summed E-state index contributed by atoms with van der Waals surface area (Å²) in [4.78, 5) is 4.23. The molecule has 3 rings (SSSR count). The van der Waals surface area contributed by atoms with Crippen molar-refractivity contribution in [1.29, 1.82) is 0 Å². The van der Waals surface area contributed by atoms with Crippen LogP contribution in [0.3, 0.4) is 0 Å². The number of halogens is 1. The van der Waals surface area contributed by atoms with Crippen LogP contribution >= 0.6 is 11.6 Å². The van der Waals surface area contributed by atoms with E-state index in [1.54, 1.807) is 0 Å². The van der Waals surface area contributed by atoms with Crippen LogP contribution in [0.5, 0.6) is 0 Å². The van der Waals surface area contributed by atoms with E-state index < -0.39 is 0 Å². The summed E-state index contributed by atoms with van der Waals surface area (Å²) in [7, 11) is 0. The minimum Gasteiger partial charge on any atom is -0.329 e. The number of hydrogen-bond donors (Lipinski definition) is 1. The molecule has 1 aliphatic carbocycles. The fourth-order valence-corrected chi connectivity index (χ4v) is 2.45. The lowest BCUT2D eigenvalue weighted by Crippen LogP contribution is -2.28. The van der Waals surface area contributed by atoms with Crippen LogP contribution in [-0.2, 0) is 6.54 Å². The van der Waals surface area contributed by atoms with Gasteiger partial charge in [0.1, 0.15) is 0 Å². The second-order valence-electron chi connectivity index (χ2n) is 4.94. The SMILES string of the molecule is NC(Cn1cncc1-c1cccc(Cl)c1)C1CC1. The highest BCUT2D eigenvalue weighted by molar-refractivity contribution is 6.30. The molecule has 1 aromatic heterocycles. The first kappa shape index (κ1) is 11.8. The van der Waals surface area contributed by atoms with Gasteiger partial charge < -0.3 is 10.3 Å². The van der Waals surface area contributed by atoms with Crippen LogP contribution in [-0.4, -0.2) is 15.6 Å². The van der Waals surface area contributed by atoms with Crippen molar-refractivity contribution in [3.8, 4) is 11.3 Å². The maximum atomic E-state index is 6.17. The lowest BCUT2D eigenvalue weighted by molar-refractivity contribution is 0.505. The molecule has 0 amide bonds. The molecule has 0 aliphatic heterocycles. The first-order chi connectivity index (χ1) is 8.74. The van der Waals surface area contributed by atoms with Gasteiger partial charge in [0.2, 0.25) is 0 Å². The van der Waals surface area contributed by atoms with Crippen LogP contribution < -0.4 is 5.73 Å². The summed E-state index contributed by atoms with van der Waals surface area (Å²) in [5.41, 5.74) is 8.34. The van der Waals surface area contributed by atoms with Gasteiger partial charge >= 0.3 is 0 Å². The molecule has 1 unspecified atom stereocenters. The molecular weight excluding hydrogens is 246 g/mol. The van der Waals surface area contributed by atoms with E-state index in [2.05, 4.69) is 9.55 Å². The molecule has 1 fully saturated rings. The van der Waals surface area contributed by atoms with E-state index in [0.717, 1.165) is 22.8 Å². The number of nitrogens with two attached hydrogens (primary N) is 1. The molecule has 1 saturated carbocycles. The number of hydrogen-bond acceptors (Lipinski definition) is 2. The molecule has 1 aliphatic rings. The predicted molar refractivity (Wildman–Crippen MR) is 73.4 cm³/mol. The third kappa shape index (κ3) is 2.42. The van der Waals surface area contributed by atoms with E-state index in [1.165, 1.54) is 12.8 Å². The highest BCUT2D eigenvalue weighted by atomic mass is 35.5. The molecule has 1 atom stereocenters. The zero-order chi connectivity index (χ0) is 12.5. The molecule has 1 aromatic carbocycles. The molecule has 94 valence electrons. The molecule has 18 heavy (non-hydrogen) atoms. The fraction of sp³-hybridized carbons (Fsp3) is 0.357. The molecule has 4 heteroatoms. The van der Waals surface area contributed by atoms with Crippen molar-refractivity contribution in [2.75, 3.05) is 0 Å². The lowest BCUT2D eigenvalue weighted by atomic mass is 10.1. The van der Waals surface area contributed by atoms with Crippen LogP contribution in [0.2, 0.25) is 5.02 Å². The second-order valence-corrected chi connectivity index (χ2v) is 5.38. The third-order valence-corrected chi connectivity index (χ3v) is 3.70. The van der Waals surface area contributed by atoms with Crippen LogP contribution in [0, 0.1) is 5.92 Å². The minimum atomic E-state index is 0.233. The van der Waals surface area contributed by atoms with Gasteiger partial charge in [-0.3, -0.25) is 0 Å². The van der Waals surface area contributed by atoms with Gasteiger partial charge in [0.15, 0.2) is 0 Å².